The number of carbonyl (C=O) groups is 2. The minimum atomic E-state index is -0.610. The minimum Gasteiger partial charge on any atom is -0.378 e. The summed E-state index contributed by atoms with van der Waals surface area (Å²) in [7, 11) is 0. The van der Waals surface area contributed by atoms with Gasteiger partial charge in [0.15, 0.2) is 0 Å². The summed E-state index contributed by atoms with van der Waals surface area (Å²) >= 11 is 0. The maximum absolute atomic E-state index is 11.8. The summed E-state index contributed by atoms with van der Waals surface area (Å²) in [6.07, 6.45) is 0.128. The van der Waals surface area contributed by atoms with Gasteiger partial charge >= 0.3 is 6.03 Å². The van der Waals surface area contributed by atoms with Crippen LogP contribution in [0.4, 0.5) is 4.79 Å². The van der Waals surface area contributed by atoms with Gasteiger partial charge in [-0.15, -0.1) is 0 Å². The van der Waals surface area contributed by atoms with Gasteiger partial charge in [-0.2, -0.15) is 0 Å². The highest BCUT2D eigenvalue weighted by Crippen LogP contribution is 2.09. The van der Waals surface area contributed by atoms with Crippen molar-refractivity contribution in [3.05, 3.63) is 0 Å². The highest BCUT2D eigenvalue weighted by Gasteiger charge is 2.26. The molecule has 0 bridgehead atoms. The molecule has 3 N–H and O–H groups in total. The van der Waals surface area contributed by atoms with Crippen molar-refractivity contribution in [1.82, 2.24) is 10.2 Å². The van der Waals surface area contributed by atoms with Crippen LogP contribution in [-0.4, -0.2) is 48.7 Å². The fourth-order valence-electron chi connectivity index (χ4n) is 1.61. The molecule has 0 spiro atoms. The van der Waals surface area contributed by atoms with Crippen LogP contribution >= 0.6 is 0 Å². The summed E-state index contributed by atoms with van der Waals surface area (Å²) in [5, 5.41) is 2.79. The molecule has 16 heavy (non-hydrogen) atoms. The van der Waals surface area contributed by atoms with Crippen LogP contribution < -0.4 is 11.1 Å². The summed E-state index contributed by atoms with van der Waals surface area (Å²) in [6, 6.07) is -0.172. The van der Waals surface area contributed by atoms with Crippen LogP contribution in [0.3, 0.4) is 0 Å². The second-order valence-corrected chi connectivity index (χ2v) is 4.56. The number of hydrogen-bond donors (Lipinski definition) is 2. The van der Waals surface area contributed by atoms with Crippen molar-refractivity contribution >= 4 is 11.9 Å². The third-order valence-corrected chi connectivity index (χ3v) is 2.36. The molecule has 1 heterocycles. The van der Waals surface area contributed by atoms with Gasteiger partial charge in [-0.1, -0.05) is 0 Å². The van der Waals surface area contributed by atoms with Crippen molar-refractivity contribution in [2.45, 2.75) is 25.8 Å². The molecule has 3 amide bonds. The Morgan fingerprint density at radius 1 is 1.38 bits per heavy atom. The Morgan fingerprint density at radius 2 is 1.94 bits per heavy atom. The molecule has 0 aliphatic carbocycles. The van der Waals surface area contributed by atoms with E-state index in [1.807, 2.05) is 0 Å². The van der Waals surface area contributed by atoms with Gasteiger partial charge in [-0.3, -0.25) is 4.79 Å². The maximum atomic E-state index is 11.8. The molecule has 0 unspecified atom stereocenters. The van der Waals surface area contributed by atoms with E-state index in [1.54, 1.807) is 18.7 Å². The average molecular weight is 229 g/mol. The van der Waals surface area contributed by atoms with Gasteiger partial charge in [0.05, 0.1) is 13.2 Å². The van der Waals surface area contributed by atoms with Crippen LogP contribution in [0.25, 0.3) is 0 Å². The lowest BCUT2D eigenvalue weighted by Crippen LogP contribution is -2.53. The number of hydrogen-bond acceptors (Lipinski definition) is 3. The van der Waals surface area contributed by atoms with E-state index in [0.717, 1.165) is 0 Å². The predicted molar refractivity (Wildman–Crippen MR) is 58.8 cm³/mol. The zero-order valence-corrected chi connectivity index (χ0v) is 9.78. The third kappa shape index (κ3) is 4.06. The highest BCUT2D eigenvalue weighted by atomic mass is 16.5. The molecule has 1 saturated heterocycles. The number of morpholine rings is 1. The van der Waals surface area contributed by atoms with Crippen molar-refractivity contribution in [2.75, 3.05) is 26.3 Å². The molecule has 0 atom stereocenters. The van der Waals surface area contributed by atoms with E-state index in [2.05, 4.69) is 5.32 Å². The van der Waals surface area contributed by atoms with Gasteiger partial charge in [0, 0.05) is 25.0 Å². The fraction of sp³-hybridized carbons (Fsp3) is 0.800. The Morgan fingerprint density at radius 3 is 2.44 bits per heavy atom. The monoisotopic (exact) mass is 229 g/mol. The topological polar surface area (TPSA) is 84.7 Å². The van der Waals surface area contributed by atoms with Gasteiger partial charge in [-0.05, 0) is 13.8 Å². The van der Waals surface area contributed by atoms with E-state index < -0.39 is 11.4 Å². The lowest BCUT2D eigenvalue weighted by Gasteiger charge is -2.32. The molecule has 0 aromatic heterocycles. The molecular formula is C10H19N3O3. The third-order valence-electron chi connectivity index (χ3n) is 2.36. The molecule has 0 saturated carbocycles. The number of nitrogens with one attached hydrogen (secondary N) is 1. The number of primary amides is 1. The summed E-state index contributed by atoms with van der Waals surface area (Å²) in [4.78, 5) is 24.3. The van der Waals surface area contributed by atoms with Crippen molar-refractivity contribution < 1.29 is 14.3 Å². The van der Waals surface area contributed by atoms with E-state index in [1.165, 1.54) is 0 Å². The molecule has 6 nitrogen and oxygen atoms in total. The number of rotatable bonds is 3. The van der Waals surface area contributed by atoms with Crippen LogP contribution in [-0.2, 0) is 9.53 Å². The Balaban J connectivity index is 2.45. The van der Waals surface area contributed by atoms with Gasteiger partial charge < -0.3 is 20.7 Å². The van der Waals surface area contributed by atoms with Crippen LogP contribution in [0.15, 0.2) is 0 Å². The number of amides is 3. The Hall–Kier alpha value is -1.30. The molecule has 1 aliphatic heterocycles. The molecular weight excluding hydrogens is 210 g/mol. The molecule has 1 fully saturated rings. The van der Waals surface area contributed by atoms with E-state index in [4.69, 9.17) is 10.5 Å². The summed E-state index contributed by atoms with van der Waals surface area (Å²) in [6.45, 7) is 5.83. The average Bonchev–Trinajstić information content (AvgIpc) is 2.16. The molecule has 1 aliphatic rings. The number of urea groups is 1. The minimum absolute atomic E-state index is 0.128. The largest absolute Gasteiger partial charge is 0.378 e. The molecule has 0 radical (unpaired) electrons. The molecule has 6 heteroatoms. The van der Waals surface area contributed by atoms with Crippen LogP contribution in [0.5, 0.6) is 0 Å². The predicted octanol–water partition coefficient (Wildman–Crippen LogP) is -0.318. The lowest BCUT2D eigenvalue weighted by molar-refractivity contribution is -0.119. The molecule has 92 valence electrons. The zero-order chi connectivity index (χ0) is 12.2. The molecule has 0 aromatic carbocycles. The first-order valence-corrected chi connectivity index (χ1v) is 5.34. The lowest BCUT2D eigenvalue weighted by atomic mass is 10.0. The first-order valence-electron chi connectivity index (χ1n) is 5.34. The number of nitrogens with two attached hydrogens (primary N) is 1. The Bertz CT molecular complexity index is 272. The van der Waals surface area contributed by atoms with Gasteiger partial charge in [-0.25, -0.2) is 4.79 Å². The molecule has 0 aromatic rings. The van der Waals surface area contributed by atoms with Gasteiger partial charge in [0.1, 0.15) is 0 Å². The van der Waals surface area contributed by atoms with Crippen LogP contribution in [0, 0.1) is 0 Å². The van der Waals surface area contributed by atoms with Gasteiger partial charge in [0.25, 0.3) is 0 Å². The van der Waals surface area contributed by atoms with Crippen molar-refractivity contribution in [3.8, 4) is 0 Å². The van der Waals surface area contributed by atoms with E-state index in [-0.39, 0.29) is 12.5 Å². The maximum Gasteiger partial charge on any atom is 0.317 e. The van der Waals surface area contributed by atoms with Crippen molar-refractivity contribution in [1.29, 1.82) is 0 Å². The first-order chi connectivity index (χ1) is 7.41. The first kappa shape index (κ1) is 12.8. The Labute approximate surface area is 95.1 Å². The van der Waals surface area contributed by atoms with Crippen LogP contribution in [0.1, 0.15) is 20.3 Å². The van der Waals surface area contributed by atoms with E-state index in [9.17, 15) is 9.59 Å². The Kier molecular flexibility index (Phi) is 4.12. The summed E-state index contributed by atoms with van der Waals surface area (Å²) in [5.41, 5.74) is 4.50. The number of carbonyl (C=O) groups excluding carboxylic acids is 2. The van der Waals surface area contributed by atoms with Crippen molar-refractivity contribution in [3.63, 3.8) is 0 Å². The normalized spacial score (nSPS) is 17.0. The summed E-state index contributed by atoms with van der Waals surface area (Å²) in [5.74, 6) is -0.424. The van der Waals surface area contributed by atoms with E-state index in [0.29, 0.717) is 26.3 Å². The van der Waals surface area contributed by atoms with Gasteiger partial charge in [0.2, 0.25) is 5.91 Å². The van der Waals surface area contributed by atoms with Crippen molar-refractivity contribution in [2.24, 2.45) is 5.73 Å². The highest BCUT2D eigenvalue weighted by molar-refractivity contribution is 5.78. The molecule has 1 rings (SSSR count). The smallest absolute Gasteiger partial charge is 0.317 e. The second kappa shape index (κ2) is 5.16. The standard InChI is InChI=1S/C10H19N3O3/c1-10(2,7-8(11)14)12-9(15)13-3-5-16-6-4-13/h3-7H2,1-2H3,(H2,11,14)(H,12,15). The number of ether oxygens (including phenoxy) is 1. The fourth-order valence-corrected chi connectivity index (χ4v) is 1.61. The van der Waals surface area contributed by atoms with Crippen LogP contribution in [0.2, 0.25) is 0 Å². The zero-order valence-electron chi connectivity index (χ0n) is 9.78. The SMILES string of the molecule is CC(C)(CC(N)=O)NC(=O)N1CCOCC1. The quantitative estimate of drug-likeness (QED) is 0.695. The number of nitrogens with zero attached hydrogens (tertiary/aromatic N) is 1. The second-order valence-electron chi connectivity index (χ2n) is 4.56. The summed E-state index contributed by atoms with van der Waals surface area (Å²) < 4.78 is 5.15. The van der Waals surface area contributed by atoms with E-state index >= 15 is 0 Å².